The molecule has 20 heavy (non-hydrogen) atoms. The van der Waals surface area contributed by atoms with E-state index in [0.29, 0.717) is 16.8 Å². The zero-order valence-corrected chi connectivity index (χ0v) is 11.3. The highest BCUT2D eigenvalue weighted by Crippen LogP contribution is 2.07. The first kappa shape index (κ1) is 14.1. The summed E-state index contributed by atoms with van der Waals surface area (Å²) in [5, 5.41) is 13.1. The molecule has 1 aromatic heterocycles. The maximum Gasteiger partial charge on any atom is 0.304 e. The number of aromatic nitrogens is 1. The minimum absolute atomic E-state index is 0.150. The Morgan fingerprint density at radius 3 is 2.90 bits per heavy atom. The summed E-state index contributed by atoms with van der Waals surface area (Å²) in [5.41, 5.74) is 1.65. The van der Waals surface area contributed by atoms with Gasteiger partial charge in [0.05, 0.1) is 12.1 Å². The molecular weight excluding hydrogens is 276 g/mol. The number of carbonyl (C=O) groups is 1. The van der Waals surface area contributed by atoms with E-state index in [1.54, 1.807) is 29.6 Å². The van der Waals surface area contributed by atoms with Crippen molar-refractivity contribution in [2.45, 2.75) is 6.54 Å². The summed E-state index contributed by atoms with van der Waals surface area (Å²) in [6.45, 7) is -0.00850. The Hall–Kier alpha value is -2.36. The number of rotatable bonds is 3. The van der Waals surface area contributed by atoms with Gasteiger partial charge in [-0.15, -0.1) is 0 Å². The van der Waals surface area contributed by atoms with Crippen LogP contribution in [0.15, 0.2) is 34.4 Å². The number of hydrogen-bond acceptors (Lipinski definition) is 4. The van der Waals surface area contributed by atoms with E-state index in [4.69, 9.17) is 5.11 Å². The Morgan fingerprint density at radius 2 is 2.20 bits per heavy atom. The lowest BCUT2D eigenvalue weighted by Crippen LogP contribution is -2.24. The first-order valence-corrected chi connectivity index (χ1v) is 6.72. The van der Waals surface area contributed by atoms with Crippen molar-refractivity contribution in [2.75, 3.05) is 6.61 Å². The molecule has 0 unspecified atom stereocenters. The van der Waals surface area contributed by atoms with Gasteiger partial charge >= 0.3 is 4.87 Å². The molecule has 0 spiro atoms. The molecular formula is C14H12N2O3S. The molecule has 0 radical (unpaired) electrons. The van der Waals surface area contributed by atoms with Gasteiger partial charge in [0.25, 0.3) is 5.91 Å². The Bertz CT molecular complexity index is 722. The van der Waals surface area contributed by atoms with Gasteiger partial charge in [0.15, 0.2) is 0 Å². The molecule has 0 aliphatic rings. The second-order valence-corrected chi connectivity index (χ2v) is 4.70. The highest BCUT2D eigenvalue weighted by Gasteiger charge is 2.09. The molecule has 0 saturated heterocycles. The summed E-state index contributed by atoms with van der Waals surface area (Å²) < 4.78 is 0. The van der Waals surface area contributed by atoms with Crippen LogP contribution in [0.1, 0.15) is 21.6 Å². The SMILES string of the molecule is O=C(NCc1csc(=O)[nH]1)c1ccccc1C#CCO. The number of amides is 1. The minimum atomic E-state index is -0.278. The lowest BCUT2D eigenvalue weighted by atomic mass is 10.1. The van der Waals surface area contributed by atoms with E-state index >= 15 is 0 Å². The van der Waals surface area contributed by atoms with E-state index in [9.17, 15) is 9.59 Å². The zero-order chi connectivity index (χ0) is 14.4. The number of H-pyrrole nitrogens is 1. The van der Waals surface area contributed by atoms with Crippen LogP contribution in [0.5, 0.6) is 0 Å². The lowest BCUT2D eigenvalue weighted by Gasteiger charge is -2.05. The lowest BCUT2D eigenvalue weighted by molar-refractivity contribution is 0.0950. The van der Waals surface area contributed by atoms with E-state index in [1.165, 1.54) is 0 Å². The number of benzene rings is 1. The fourth-order valence-corrected chi connectivity index (χ4v) is 2.18. The van der Waals surface area contributed by atoms with E-state index in [2.05, 4.69) is 22.1 Å². The van der Waals surface area contributed by atoms with Crippen LogP contribution in [-0.2, 0) is 6.54 Å². The monoisotopic (exact) mass is 288 g/mol. The van der Waals surface area contributed by atoms with Crippen molar-refractivity contribution in [3.8, 4) is 11.8 Å². The first-order chi connectivity index (χ1) is 9.70. The van der Waals surface area contributed by atoms with Crippen LogP contribution in [-0.4, -0.2) is 22.6 Å². The molecule has 2 aromatic rings. The minimum Gasteiger partial charge on any atom is -0.384 e. The van der Waals surface area contributed by atoms with Gasteiger partial charge in [-0.1, -0.05) is 35.3 Å². The highest BCUT2D eigenvalue weighted by molar-refractivity contribution is 7.07. The van der Waals surface area contributed by atoms with Crippen LogP contribution >= 0.6 is 11.3 Å². The van der Waals surface area contributed by atoms with Gasteiger partial charge < -0.3 is 15.4 Å². The van der Waals surface area contributed by atoms with Crippen molar-refractivity contribution in [1.29, 1.82) is 0 Å². The molecule has 5 nitrogen and oxygen atoms in total. The zero-order valence-electron chi connectivity index (χ0n) is 10.5. The summed E-state index contributed by atoms with van der Waals surface area (Å²) in [6, 6.07) is 6.89. The van der Waals surface area contributed by atoms with E-state index < -0.39 is 0 Å². The molecule has 0 bridgehead atoms. The van der Waals surface area contributed by atoms with Crippen molar-refractivity contribution in [3.63, 3.8) is 0 Å². The fourth-order valence-electron chi connectivity index (χ4n) is 1.60. The van der Waals surface area contributed by atoms with Crippen LogP contribution in [0.4, 0.5) is 0 Å². The molecule has 0 aliphatic carbocycles. The average Bonchev–Trinajstić information content (AvgIpc) is 2.88. The second-order valence-electron chi connectivity index (χ2n) is 3.86. The molecule has 0 atom stereocenters. The molecule has 102 valence electrons. The molecule has 1 heterocycles. The molecule has 6 heteroatoms. The summed E-state index contributed by atoms with van der Waals surface area (Å²) in [6.07, 6.45) is 0. The van der Waals surface area contributed by atoms with Crippen molar-refractivity contribution < 1.29 is 9.90 Å². The Balaban J connectivity index is 2.11. The predicted molar refractivity (Wildman–Crippen MR) is 76.5 cm³/mol. The normalized spacial score (nSPS) is 9.65. The van der Waals surface area contributed by atoms with Crippen LogP contribution in [0.3, 0.4) is 0 Å². The molecule has 2 rings (SSSR count). The maximum absolute atomic E-state index is 12.1. The maximum atomic E-state index is 12.1. The Morgan fingerprint density at radius 1 is 1.40 bits per heavy atom. The quantitative estimate of drug-likeness (QED) is 0.728. The van der Waals surface area contributed by atoms with Gasteiger partial charge in [-0.3, -0.25) is 9.59 Å². The van der Waals surface area contributed by atoms with Crippen molar-refractivity contribution in [3.05, 3.63) is 56.1 Å². The largest absolute Gasteiger partial charge is 0.384 e. The standard InChI is InChI=1S/C14H12N2O3S/c17-7-3-5-10-4-1-2-6-12(10)13(18)15-8-11-9-20-14(19)16-11/h1-2,4,6,9,17H,7-8H2,(H,15,18)(H,16,19). The van der Waals surface area contributed by atoms with Gasteiger partial charge in [-0.05, 0) is 12.1 Å². The molecule has 1 amide bonds. The summed E-state index contributed by atoms with van der Waals surface area (Å²) in [4.78, 5) is 25.5. The van der Waals surface area contributed by atoms with Crippen molar-refractivity contribution in [2.24, 2.45) is 0 Å². The second kappa shape index (κ2) is 6.70. The van der Waals surface area contributed by atoms with Gasteiger partial charge in [-0.2, -0.15) is 0 Å². The Kier molecular flexibility index (Phi) is 4.71. The number of carbonyl (C=O) groups excluding carboxylic acids is 1. The van der Waals surface area contributed by atoms with Crippen molar-refractivity contribution >= 4 is 17.2 Å². The summed E-state index contributed by atoms with van der Waals surface area (Å²) in [5.74, 6) is 4.97. The van der Waals surface area contributed by atoms with E-state index in [0.717, 1.165) is 11.3 Å². The molecule has 3 N–H and O–H groups in total. The predicted octanol–water partition coefficient (Wildman–Crippen LogP) is 0.710. The molecule has 0 saturated carbocycles. The van der Waals surface area contributed by atoms with Gasteiger partial charge in [0, 0.05) is 16.6 Å². The number of aliphatic hydroxyl groups is 1. The Labute approximate surface area is 119 Å². The summed E-state index contributed by atoms with van der Waals surface area (Å²) >= 11 is 1.05. The van der Waals surface area contributed by atoms with Crippen LogP contribution in [0.25, 0.3) is 0 Å². The third-order valence-corrected chi connectivity index (χ3v) is 3.20. The molecule has 1 aromatic carbocycles. The number of aliphatic hydroxyl groups excluding tert-OH is 1. The van der Waals surface area contributed by atoms with Crippen LogP contribution in [0.2, 0.25) is 0 Å². The third kappa shape index (κ3) is 3.57. The molecule has 0 aliphatic heterocycles. The number of nitrogens with one attached hydrogen (secondary N) is 2. The third-order valence-electron chi connectivity index (χ3n) is 2.48. The van der Waals surface area contributed by atoms with Crippen LogP contribution < -0.4 is 10.2 Å². The number of thiazole rings is 1. The van der Waals surface area contributed by atoms with E-state index in [1.807, 2.05) is 0 Å². The smallest absolute Gasteiger partial charge is 0.304 e. The van der Waals surface area contributed by atoms with Crippen LogP contribution in [0, 0.1) is 11.8 Å². The number of hydrogen-bond donors (Lipinski definition) is 3. The fraction of sp³-hybridized carbons (Fsp3) is 0.143. The van der Waals surface area contributed by atoms with Crippen molar-refractivity contribution in [1.82, 2.24) is 10.3 Å². The van der Waals surface area contributed by atoms with Gasteiger partial charge in [0.1, 0.15) is 6.61 Å². The molecule has 0 fully saturated rings. The average molecular weight is 288 g/mol. The van der Waals surface area contributed by atoms with Gasteiger partial charge in [0.2, 0.25) is 0 Å². The summed E-state index contributed by atoms with van der Waals surface area (Å²) in [7, 11) is 0. The topological polar surface area (TPSA) is 82.2 Å². The highest BCUT2D eigenvalue weighted by atomic mass is 32.1. The van der Waals surface area contributed by atoms with Gasteiger partial charge in [-0.25, -0.2) is 0 Å². The van der Waals surface area contributed by atoms with E-state index in [-0.39, 0.29) is 23.9 Å². The first-order valence-electron chi connectivity index (χ1n) is 5.84. The number of aromatic amines is 1.